The minimum absolute atomic E-state index is 1.01. The second kappa shape index (κ2) is 3.65. The van der Waals surface area contributed by atoms with Gasteiger partial charge in [-0.15, -0.1) is 0 Å². The van der Waals surface area contributed by atoms with Crippen LogP contribution in [0.4, 0.5) is 5.69 Å². The van der Waals surface area contributed by atoms with Crippen molar-refractivity contribution < 1.29 is 0 Å². The lowest BCUT2D eigenvalue weighted by Gasteiger charge is -2.07. The van der Waals surface area contributed by atoms with Crippen molar-refractivity contribution in [2.75, 3.05) is 11.9 Å². The largest absolute Gasteiger partial charge is 0.381 e. The van der Waals surface area contributed by atoms with Crippen molar-refractivity contribution in [1.29, 1.82) is 0 Å². The van der Waals surface area contributed by atoms with Gasteiger partial charge in [-0.2, -0.15) is 0 Å². The maximum Gasteiger partial charge on any atom is 0.0378 e. The van der Waals surface area contributed by atoms with E-state index in [0.717, 1.165) is 19.4 Å². The van der Waals surface area contributed by atoms with Crippen LogP contribution in [-0.2, 0) is 6.42 Å². The fraction of sp³-hybridized carbons (Fsp3) is 0.333. The molecule has 1 aromatic rings. The van der Waals surface area contributed by atoms with Gasteiger partial charge in [0.25, 0.3) is 0 Å². The van der Waals surface area contributed by atoms with Gasteiger partial charge < -0.3 is 5.32 Å². The Hall–Kier alpha value is -1.24. The van der Waals surface area contributed by atoms with E-state index in [-0.39, 0.29) is 0 Å². The van der Waals surface area contributed by atoms with Crippen molar-refractivity contribution in [2.24, 2.45) is 0 Å². The first-order valence-electron chi connectivity index (χ1n) is 4.90. The van der Waals surface area contributed by atoms with Crippen molar-refractivity contribution in [3.05, 3.63) is 41.5 Å². The molecule has 1 N–H and O–H groups in total. The van der Waals surface area contributed by atoms with E-state index in [1.165, 1.54) is 16.8 Å². The van der Waals surface area contributed by atoms with Crippen LogP contribution in [0.2, 0.25) is 0 Å². The summed E-state index contributed by atoms with van der Waals surface area (Å²) in [5.41, 5.74) is 4.21. The fourth-order valence-corrected chi connectivity index (χ4v) is 1.68. The average molecular weight is 173 g/mol. The highest BCUT2D eigenvalue weighted by molar-refractivity contribution is 5.54. The van der Waals surface area contributed by atoms with Gasteiger partial charge in [0.15, 0.2) is 0 Å². The van der Waals surface area contributed by atoms with Gasteiger partial charge in [0.1, 0.15) is 0 Å². The summed E-state index contributed by atoms with van der Waals surface area (Å²) in [5, 5.41) is 3.46. The molecule has 0 aliphatic carbocycles. The third-order valence-electron chi connectivity index (χ3n) is 2.59. The van der Waals surface area contributed by atoms with Gasteiger partial charge in [0.05, 0.1) is 0 Å². The Balaban J connectivity index is 2.26. The van der Waals surface area contributed by atoms with E-state index in [2.05, 4.69) is 42.6 Å². The average Bonchev–Trinajstić information content (AvgIpc) is 2.39. The molecule has 68 valence electrons. The molecule has 1 heterocycles. The number of allylic oxidation sites excluding steroid dienone is 1. The van der Waals surface area contributed by atoms with Crippen molar-refractivity contribution >= 4 is 5.69 Å². The molecule has 0 saturated heterocycles. The summed E-state index contributed by atoms with van der Waals surface area (Å²) in [5.74, 6) is 0. The number of anilines is 1. The van der Waals surface area contributed by atoms with Crippen LogP contribution in [-0.4, -0.2) is 6.54 Å². The second-order valence-corrected chi connectivity index (χ2v) is 3.43. The van der Waals surface area contributed by atoms with E-state index >= 15 is 0 Å². The summed E-state index contributed by atoms with van der Waals surface area (Å²) >= 11 is 0. The zero-order valence-corrected chi connectivity index (χ0v) is 8.01. The van der Waals surface area contributed by atoms with Gasteiger partial charge in [0.2, 0.25) is 0 Å². The van der Waals surface area contributed by atoms with E-state index in [0.29, 0.717) is 0 Å². The lowest BCUT2D eigenvalue weighted by Crippen LogP contribution is -2.02. The summed E-state index contributed by atoms with van der Waals surface area (Å²) in [7, 11) is 0. The Labute approximate surface area is 79.5 Å². The molecule has 0 amide bonds. The molecule has 0 bridgehead atoms. The predicted molar refractivity (Wildman–Crippen MR) is 57.0 cm³/mol. The molecule has 0 saturated carbocycles. The summed E-state index contributed by atoms with van der Waals surface area (Å²) in [4.78, 5) is 0. The van der Waals surface area contributed by atoms with Crippen molar-refractivity contribution in [3.63, 3.8) is 0 Å². The SMILES string of the molecule is CCC1=CCc2ccccc2NC1. The molecule has 0 aromatic heterocycles. The predicted octanol–water partition coefficient (Wildman–Crippen LogP) is 2.99. The summed E-state index contributed by atoms with van der Waals surface area (Å²) in [6.07, 6.45) is 4.58. The Morgan fingerprint density at radius 3 is 3.00 bits per heavy atom. The molecule has 1 aliphatic rings. The molecular weight excluding hydrogens is 158 g/mol. The normalized spacial score (nSPS) is 15.3. The third kappa shape index (κ3) is 1.74. The smallest absolute Gasteiger partial charge is 0.0378 e. The van der Waals surface area contributed by atoms with Crippen LogP contribution in [0.25, 0.3) is 0 Å². The summed E-state index contributed by atoms with van der Waals surface area (Å²) in [6, 6.07) is 8.53. The zero-order chi connectivity index (χ0) is 9.10. The molecule has 0 fully saturated rings. The Morgan fingerprint density at radius 2 is 2.15 bits per heavy atom. The van der Waals surface area contributed by atoms with Crippen LogP contribution in [0, 0.1) is 0 Å². The number of hydrogen-bond acceptors (Lipinski definition) is 1. The molecule has 0 atom stereocenters. The van der Waals surface area contributed by atoms with Crippen LogP contribution in [0.3, 0.4) is 0 Å². The first kappa shape index (κ1) is 8.36. The number of nitrogens with one attached hydrogen (secondary N) is 1. The second-order valence-electron chi connectivity index (χ2n) is 3.43. The number of fused-ring (bicyclic) bond motifs is 1. The molecular formula is C12H15N. The highest BCUT2D eigenvalue weighted by Gasteiger charge is 2.05. The van der Waals surface area contributed by atoms with Crippen LogP contribution < -0.4 is 5.32 Å². The summed E-state index contributed by atoms with van der Waals surface area (Å²) < 4.78 is 0. The monoisotopic (exact) mass is 173 g/mol. The van der Waals surface area contributed by atoms with Crippen molar-refractivity contribution in [1.82, 2.24) is 0 Å². The zero-order valence-electron chi connectivity index (χ0n) is 8.01. The number of hydrogen-bond donors (Lipinski definition) is 1. The van der Waals surface area contributed by atoms with Crippen LogP contribution >= 0.6 is 0 Å². The lowest BCUT2D eigenvalue weighted by atomic mass is 10.1. The van der Waals surface area contributed by atoms with Crippen LogP contribution in [0.1, 0.15) is 18.9 Å². The van der Waals surface area contributed by atoms with E-state index < -0.39 is 0 Å². The highest BCUT2D eigenvalue weighted by atomic mass is 14.9. The van der Waals surface area contributed by atoms with E-state index in [1.807, 2.05) is 0 Å². The Morgan fingerprint density at radius 1 is 1.31 bits per heavy atom. The molecule has 0 radical (unpaired) electrons. The van der Waals surface area contributed by atoms with Gasteiger partial charge in [-0.3, -0.25) is 0 Å². The van der Waals surface area contributed by atoms with Crippen LogP contribution in [0.15, 0.2) is 35.9 Å². The Bertz CT molecular complexity index is 326. The molecule has 1 heteroatoms. The molecule has 13 heavy (non-hydrogen) atoms. The quantitative estimate of drug-likeness (QED) is 0.644. The van der Waals surface area contributed by atoms with E-state index in [9.17, 15) is 0 Å². The fourth-order valence-electron chi connectivity index (χ4n) is 1.68. The van der Waals surface area contributed by atoms with Gasteiger partial charge in [-0.1, -0.05) is 36.8 Å². The topological polar surface area (TPSA) is 12.0 Å². The number of para-hydroxylation sites is 1. The molecule has 2 rings (SSSR count). The van der Waals surface area contributed by atoms with E-state index in [4.69, 9.17) is 0 Å². The van der Waals surface area contributed by atoms with Crippen molar-refractivity contribution in [3.8, 4) is 0 Å². The first-order valence-corrected chi connectivity index (χ1v) is 4.90. The number of rotatable bonds is 1. The number of benzene rings is 1. The maximum absolute atomic E-state index is 3.46. The molecule has 0 unspecified atom stereocenters. The minimum Gasteiger partial charge on any atom is -0.381 e. The third-order valence-corrected chi connectivity index (χ3v) is 2.59. The molecule has 1 nitrogen and oxygen atoms in total. The maximum atomic E-state index is 3.46. The van der Waals surface area contributed by atoms with Crippen LogP contribution in [0.5, 0.6) is 0 Å². The molecule has 1 aliphatic heterocycles. The van der Waals surface area contributed by atoms with Gasteiger partial charge >= 0.3 is 0 Å². The van der Waals surface area contributed by atoms with E-state index in [1.54, 1.807) is 0 Å². The van der Waals surface area contributed by atoms with Crippen molar-refractivity contribution in [2.45, 2.75) is 19.8 Å². The first-order chi connectivity index (χ1) is 6.40. The standard InChI is InChI=1S/C12H15N/c1-2-10-7-8-11-5-3-4-6-12(11)13-9-10/h3-7,13H,2,8-9H2,1H3. The molecule has 1 aromatic carbocycles. The lowest BCUT2D eigenvalue weighted by molar-refractivity contribution is 1.04. The summed E-state index contributed by atoms with van der Waals surface area (Å²) in [6.45, 7) is 3.22. The van der Waals surface area contributed by atoms with Gasteiger partial charge in [-0.05, 0) is 24.5 Å². The van der Waals surface area contributed by atoms with Gasteiger partial charge in [0, 0.05) is 12.2 Å². The Kier molecular flexibility index (Phi) is 2.35. The van der Waals surface area contributed by atoms with Gasteiger partial charge in [-0.25, -0.2) is 0 Å². The highest BCUT2D eigenvalue weighted by Crippen LogP contribution is 2.20. The molecule has 0 spiro atoms. The minimum atomic E-state index is 1.01.